The number of pyridine rings is 1. The van der Waals surface area contributed by atoms with Crippen LogP contribution in [0.25, 0.3) is 5.65 Å². The normalized spacial score (nSPS) is 28.9. The number of hydrogen-bond donors (Lipinski definition) is 2. The molecule has 4 aliphatic rings. The Balaban J connectivity index is 1.32. The monoisotopic (exact) mass is 437 g/mol. The van der Waals surface area contributed by atoms with E-state index in [0.717, 1.165) is 25.2 Å². The number of likely N-dealkylation sites (tertiary alicyclic amines) is 1. The number of fused-ring (bicyclic) bond motifs is 3. The van der Waals surface area contributed by atoms with E-state index in [-0.39, 0.29) is 17.9 Å². The molecule has 3 heterocycles. The van der Waals surface area contributed by atoms with Crippen molar-refractivity contribution in [2.45, 2.75) is 58.4 Å². The molecular formula is C25H35N5O2. The van der Waals surface area contributed by atoms with Crippen LogP contribution in [0.15, 0.2) is 24.4 Å². The van der Waals surface area contributed by atoms with Gasteiger partial charge in [-0.05, 0) is 73.8 Å². The number of nitrogens with two attached hydrogens (primary N) is 1. The first-order valence-electron chi connectivity index (χ1n) is 12.2. The van der Waals surface area contributed by atoms with Crippen molar-refractivity contribution in [1.82, 2.24) is 19.6 Å². The molecule has 1 saturated heterocycles. The van der Waals surface area contributed by atoms with Crippen LogP contribution in [0.5, 0.6) is 0 Å². The summed E-state index contributed by atoms with van der Waals surface area (Å²) >= 11 is 0. The Morgan fingerprint density at radius 1 is 1.22 bits per heavy atom. The van der Waals surface area contributed by atoms with Crippen molar-refractivity contribution < 1.29 is 9.59 Å². The van der Waals surface area contributed by atoms with Crippen molar-refractivity contribution in [2.75, 3.05) is 19.6 Å². The second-order valence-corrected chi connectivity index (χ2v) is 10.6. The summed E-state index contributed by atoms with van der Waals surface area (Å²) in [5.74, 6) is 1.90. The lowest BCUT2D eigenvalue weighted by Gasteiger charge is -2.60. The highest BCUT2D eigenvalue weighted by atomic mass is 16.2. The number of nitrogens with one attached hydrogen (secondary N) is 1. The summed E-state index contributed by atoms with van der Waals surface area (Å²) in [6.45, 7) is 6.64. The molecule has 2 bridgehead atoms. The lowest BCUT2D eigenvalue weighted by atomic mass is 9.45. The van der Waals surface area contributed by atoms with Gasteiger partial charge in [-0.3, -0.25) is 14.0 Å². The summed E-state index contributed by atoms with van der Waals surface area (Å²) in [4.78, 5) is 32.6. The Morgan fingerprint density at radius 2 is 2.06 bits per heavy atom. The van der Waals surface area contributed by atoms with Crippen molar-refractivity contribution in [3.05, 3.63) is 35.8 Å². The molecule has 172 valence electrons. The van der Waals surface area contributed by atoms with Crippen molar-refractivity contribution in [3.8, 4) is 0 Å². The summed E-state index contributed by atoms with van der Waals surface area (Å²) in [6, 6.07) is 5.53. The van der Waals surface area contributed by atoms with Crippen LogP contribution in [0.2, 0.25) is 0 Å². The highest BCUT2D eigenvalue weighted by Gasteiger charge is 2.53. The van der Waals surface area contributed by atoms with E-state index >= 15 is 0 Å². The maximum atomic E-state index is 13.1. The molecule has 1 aliphatic heterocycles. The molecule has 7 heteroatoms. The van der Waals surface area contributed by atoms with E-state index in [1.165, 1.54) is 19.3 Å². The second kappa shape index (κ2) is 8.18. The minimum atomic E-state index is -0.107. The van der Waals surface area contributed by atoms with E-state index < -0.39 is 0 Å². The number of piperidine rings is 1. The standard InChI is InChI=1S/C25H35N5O2/c1-25(2)17-10-9-16(19(25)12-17)14-27-23(31)21-7-5-8-22-28-20(15-30(21)22)24(32)29-11-4-3-6-18(29)13-26/h5,7-8,15-19H,3-4,6,9-14,26H2,1-2H3,(H,27,31)/t16-,17-,18?,19+/m0/s1. The quantitative estimate of drug-likeness (QED) is 0.752. The molecule has 0 aromatic carbocycles. The van der Waals surface area contributed by atoms with Crippen molar-refractivity contribution in [2.24, 2.45) is 28.9 Å². The van der Waals surface area contributed by atoms with Gasteiger partial charge in [0.05, 0.1) is 0 Å². The van der Waals surface area contributed by atoms with Crippen LogP contribution in [-0.4, -0.2) is 51.8 Å². The van der Waals surface area contributed by atoms with Crippen LogP contribution in [0.1, 0.15) is 73.3 Å². The SMILES string of the molecule is CC1(C)[C@H]2CC[C@@H](CNC(=O)c3cccc4nc(C(=O)N5CCCCC5CN)cn34)[C@H]1C2. The smallest absolute Gasteiger partial charge is 0.274 e. The minimum absolute atomic E-state index is 0.0645. The molecule has 2 aromatic heterocycles. The van der Waals surface area contributed by atoms with Gasteiger partial charge >= 0.3 is 0 Å². The summed E-state index contributed by atoms with van der Waals surface area (Å²) in [5.41, 5.74) is 7.81. The first kappa shape index (κ1) is 21.4. The van der Waals surface area contributed by atoms with Crippen LogP contribution in [0.3, 0.4) is 0 Å². The van der Waals surface area contributed by atoms with Gasteiger partial charge < -0.3 is 16.0 Å². The first-order valence-corrected chi connectivity index (χ1v) is 12.2. The Morgan fingerprint density at radius 3 is 2.81 bits per heavy atom. The molecule has 4 fully saturated rings. The predicted octanol–water partition coefficient (Wildman–Crippen LogP) is 3.09. The van der Waals surface area contributed by atoms with Crippen molar-refractivity contribution in [1.29, 1.82) is 0 Å². The number of carbonyl (C=O) groups is 2. The zero-order valence-corrected chi connectivity index (χ0v) is 19.2. The van der Waals surface area contributed by atoms with Gasteiger partial charge in [-0.25, -0.2) is 4.98 Å². The molecule has 0 radical (unpaired) electrons. The molecule has 2 aromatic rings. The molecule has 0 spiro atoms. The highest BCUT2D eigenvalue weighted by molar-refractivity contribution is 5.95. The maximum Gasteiger partial charge on any atom is 0.274 e. The zero-order valence-electron chi connectivity index (χ0n) is 19.2. The summed E-state index contributed by atoms with van der Waals surface area (Å²) in [5, 5.41) is 3.17. The van der Waals surface area contributed by atoms with Crippen LogP contribution in [0, 0.1) is 23.2 Å². The maximum absolute atomic E-state index is 13.1. The average molecular weight is 438 g/mol. The van der Waals surface area contributed by atoms with Gasteiger partial charge in [0.15, 0.2) is 0 Å². The zero-order chi connectivity index (χ0) is 22.5. The lowest BCUT2D eigenvalue weighted by Crippen LogP contribution is -2.54. The summed E-state index contributed by atoms with van der Waals surface area (Å²) < 4.78 is 1.74. The fourth-order valence-corrected chi connectivity index (χ4v) is 6.48. The second-order valence-electron chi connectivity index (χ2n) is 10.6. The Labute approximate surface area is 189 Å². The van der Waals surface area contributed by atoms with Crippen LogP contribution < -0.4 is 11.1 Å². The largest absolute Gasteiger partial charge is 0.350 e. The Bertz CT molecular complexity index is 1030. The third-order valence-electron chi connectivity index (χ3n) is 8.63. The number of rotatable bonds is 5. The fourth-order valence-electron chi connectivity index (χ4n) is 6.48. The number of nitrogens with zero attached hydrogens (tertiary/aromatic N) is 3. The number of amides is 2. The van der Waals surface area contributed by atoms with E-state index in [4.69, 9.17) is 5.73 Å². The van der Waals surface area contributed by atoms with E-state index in [9.17, 15) is 9.59 Å². The van der Waals surface area contributed by atoms with Crippen LogP contribution >= 0.6 is 0 Å². The third kappa shape index (κ3) is 3.51. The molecule has 7 nitrogen and oxygen atoms in total. The van der Waals surface area contributed by atoms with Crippen molar-refractivity contribution in [3.63, 3.8) is 0 Å². The Kier molecular flexibility index (Phi) is 5.48. The number of carbonyl (C=O) groups excluding carboxylic acids is 2. The van der Waals surface area contributed by atoms with Gasteiger partial charge in [-0.15, -0.1) is 0 Å². The molecular weight excluding hydrogens is 402 g/mol. The van der Waals surface area contributed by atoms with Crippen LogP contribution in [-0.2, 0) is 0 Å². The van der Waals surface area contributed by atoms with Gasteiger partial charge in [-0.1, -0.05) is 19.9 Å². The van der Waals surface area contributed by atoms with Gasteiger partial charge in [-0.2, -0.15) is 0 Å². The fraction of sp³-hybridized carbons (Fsp3) is 0.640. The number of imidazole rings is 1. The van der Waals surface area contributed by atoms with E-state index in [2.05, 4.69) is 24.1 Å². The molecule has 3 N–H and O–H groups in total. The molecule has 4 atom stereocenters. The first-order chi connectivity index (χ1) is 15.4. The van der Waals surface area contributed by atoms with Gasteiger partial charge in [0.25, 0.3) is 11.8 Å². The van der Waals surface area contributed by atoms with E-state index in [0.29, 0.717) is 53.9 Å². The number of aromatic nitrogens is 2. The van der Waals surface area contributed by atoms with Gasteiger partial charge in [0, 0.05) is 31.9 Å². The summed E-state index contributed by atoms with van der Waals surface area (Å²) in [7, 11) is 0. The minimum Gasteiger partial charge on any atom is -0.350 e. The van der Waals surface area contributed by atoms with Gasteiger partial charge in [0.2, 0.25) is 0 Å². The average Bonchev–Trinajstić information content (AvgIpc) is 3.26. The van der Waals surface area contributed by atoms with E-state index in [1.54, 1.807) is 16.7 Å². The predicted molar refractivity (Wildman–Crippen MR) is 123 cm³/mol. The van der Waals surface area contributed by atoms with E-state index in [1.807, 2.05) is 17.0 Å². The van der Waals surface area contributed by atoms with Crippen LogP contribution in [0.4, 0.5) is 0 Å². The molecule has 6 rings (SSSR count). The highest BCUT2D eigenvalue weighted by Crippen LogP contribution is 2.61. The topological polar surface area (TPSA) is 92.7 Å². The van der Waals surface area contributed by atoms with Crippen molar-refractivity contribution >= 4 is 17.5 Å². The van der Waals surface area contributed by atoms with Gasteiger partial charge in [0.1, 0.15) is 17.0 Å². The lowest BCUT2D eigenvalue weighted by molar-refractivity contribution is -0.103. The molecule has 1 unspecified atom stereocenters. The molecule has 3 saturated carbocycles. The molecule has 2 amide bonds. The number of hydrogen-bond acceptors (Lipinski definition) is 4. The Hall–Kier alpha value is -2.41. The third-order valence-corrected chi connectivity index (χ3v) is 8.63. The molecule has 32 heavy (non-hydrogen) atoms. The summed E-state index contributed by atoms with van der Waals surface area (Å²) in [6.07, 6.45) is 8.50. The molecule has 3 aliphatic carbocycles.